The van der Waals surface area contributed by atoms with E-state index in [9.17, 15) is 14.3 Å². The topological polar surface area (TPSA) is 49.3 Å². The van der Waals surface area contributed by atoms with Crippen LogP contribution in [-0.2, 0) is 0 Å². The molecule has 1 unspecified atom stereocenters. The summed E-state index contributed by atoms with van der Waals surface area (Å²) in [6, 6.07) is 3.73. The Bertz CT molecular complexity index is 403. The van der Waals surface area contributed by atoms with Crippen molar-refractivity contribution in [3.63, 3.8) is 0 Å². The van der Waals surface area contributed by atoms with Crippen molar-refractivity contribution in [1.82, 2.24) is 5.32 Å². The predicted molar refractivity (Wildman–Crippen MR) is 69.5 cm³/mol. The molecule has 1 atom stereocenters. The zero-order valence-electron chi connectivity index (χ0n) is 10.4. The van der Waals surface area contributed by atoms with Gasteiger partial charge in [-0.2, -0.15) is 0 Å². The Morgan fingerprint density at radius 2 is 2.17 bits per heavy atom. The van der Waals surface area contributed by atoms with Crippen molar-refractivity contribution in [2.75, 3.05) is 6.54 Å². The molecule has 1 amide bonds. The number of carbonyl (C=O) groups is 1. The first-order valence-electron chi connectivity index (χ1n) is 5.81. The third kappa shape index (κ3) is 4.18. The largest absolute Gasteiger partial charge is 0.507 e. The first-order valence-corrected chi connectivity index (χ1v) is 6.25. The van der Waals surface area contributed by atoms with Crippen molar-refractivity contribution in [3.05, 3.63) is 29.6 Å². The maximum Gasteiger partial charge on any atom is 0.258 e. The standard InChI is InChI=1S/C13H17ClFNO2/c1-8(2)6-9(14)7-16-13(18)12-10(15)4-3-5-11(12)17/h3-5,8-9,17H,6-7H2,1-2H3,(H,16,18). The first kappa shape index (κ1) is 14.8. The molecule has 0 aliphatic carbocycles. The molecular weight excluding hydrogens is 257 g/mol. The summed E-state index contributed by atoms with van der Waals surface area (Å²) < 4.78 is 13.4. The van der Waals surface area contributed by atoms with Gasteiger partial charge in [0.05, 0.1) is 5.38 Å². The maximum atomic E-state index is 13.4. The highest BCUT2D eigenvalue weighted by atomic mass is 35.5. The third-order valence-electron chi connectivity index (χ3n) is 2.43. The summed E-state index contributed by atoms with van der Waals surface area (Å²) in [5, 5.41) is 11.7. The lowest BCUT2D eigenvalue weighted by molar-refractivity contribution is 0.0946. The van der Waals surface area contributed by atoms with E-state index in [1.165, 1.54) is 12.1 Å². The molecule has 1 rings (SSSR count). The highest BCUT2D eigenvalue weighted by molar-refractivity contribution is 6.21. The lowest BCUT2D eigenvalue weighted by Gasteiger charge is -2.13. The lowest BCUT2D eigenvalue weighted by atomic mass is 10.1. The fraction of sp³-hybridized carbons (Fsp3) is 0.462. The van der Waals surface area contributed by atoms with Crippen LogP contribution in [0, 0.1) is 11.7 Å². The minimum absolute atomic E-state index is 0.206. The number of amides is 1. The molecular formula is C13H17ClFNO2. The number of carbonyl (C=O) groups excluding carboxylic acids is 1. The van der Waals surface area contributed by atoms with Crippen LogP contribution in [0.2, 0.25) is 0 Å². The van der Waals surface area contributed by atoms with E-state index in [1.807, 2.05) is 13.8 Å². The highest BCUT2D eigenvalue weighted by Gasteiger charge is 2.17. The minimum Gasteiger partial charge on any atom is -0.507 e. The van der Waals surface area contributed by atoms with Crippen LogP contribution in [0.1, 0.15) is 30.6 Å². The molecule has 2 N–H and O–H groups in total. The number of rotatable bonds is 5. The molecule has 0 heterocycles. The number of nitrogens with one attached hydrogen (secondary N) is 1. The van der Waals surface area contributed by atoms with Crippen molar-refractivity contribution < 1.29 is 14.3 Å². The fourth-order valence-corrected chi connectivity index (χ4v) is 2.06. The van der Waals surface area contributed by atoms with Gasteiger partial charge in [-0.05, 0) is 24.5 Å². The Kier molecular flexibility index (Phi) is 5.41. The Balaban J connectivity index is 2.61. The van der Waals surface area contributed by atoms with Crippen LogP contribution in [0.5, 0.6) is 5.75 Å². The Labute approximate surface area is 111 Å². The number of benzene rings is 1. The van der Waals surface area contributed by atoms with E-state index in [0.717, 1.165) is 12.5 Å². The molecule has 1 aromatic rings. The van der Waals surface area contributed by atoms with Gasteiger partial charge < -0.3 is 10.4 Å². The molecule has 0 aliphatic rings. The van der Waals surface area contributed by atoms with Gasteiger partial charge in [-0.1, -0.05) is 19.9 Å². The molecule has 18 heavy (non-hydrogen) atoms. The summed E-state index contributed by atoms with van der Waals surface area (Å²) in [6.45, 7) is 4.30. The number of aromatic hydroxyl groups is 1. The number of alkyl halides is 1. The van der Waals surface area contributed by atoms with E-state index in [2.05, 4.69) is 5.32 Å². The number of halogens is 2. The van der Waals surface area contributed by atoms with Crippen LogP contribution in [0.15, 0.2) is 18.2 Å². The summed E-state index contributed by atoms with van der Waals surface area (Å²) in [5.74, 6) is -1.35. The van der Waals surface area contributed by atoms with Crippen molar-refractivity contribution in [3.8, 4) is 5.75 Å². The van der Waals surface area contributed by atoms with E-state index in [1.54, 1.807) is 0 Å². The molecule has 3 nitrogen and oxygen atoms in total. The summed E-state index contributed by atoms with van der Waals surface area (Å²) in [4.78, 5) is 11.7. The van der Waals surface area contributed by atoms with Gasteiger partial charge in [0.25, 0.3) is 5.91 Å². The van der Waals surface area contributed by atoms with Gasteiger partial charge in [0.15, 0.2) is 0 Å². The van der Waals surface area contributed by atoms with Crippen LogP contribution < -0.4 is 5.32 Å². The number of hydrogen-bond acceptors (Lipinski definition) is 2. The van der Waals surface area contributed by atoms with Crippen molar-refractivity contribution in [2.45, 2.75) is 25.6 Å². The van der Waals surface area contributed by atoms with Gasteiger partial charge in [-0.25, -0.2) is 4.39 Å². The molecule has 100 valence electrons. The van der Waals surface area contributed by atoms with E-state index in [-0.39, 0.29) is 23.2 Å². The maximum absolute atomic E-state index is 13.4. The molecule has 0 spiro atoms. The van der Waals surface area contributed by atoms with E-state index in [4.69, 9.17) is 11.6 Å². The van der Waals surface area contributed by atoms with Crippen LogP contribution in [-0.4, -0.2) is 22.9 Å². The molecule has 0 aliphatic heterocycles. The average Bonchev–Trinajstić information content (AvgIpc) is 2.25. The van der Waals surface area contributed by atoms with E-state index < -0.39 is 11.7 Å². The normalized spacial score (nSPS) is 12.5. The minimum atomic E-state index is -0.748. The van der Waals surface area contributed by atoms with Gasteiger partial charge >= 0.3 is 0 Å². The molecule has 0 aromatic heterocycles. The zero-order chi connectivity index (χ0) is 13.7. The lowest BCUT2D eigenvalue weighted by Crippen LogP contribution is -2.31. The van der Waals surface area contributed by atoms with E-state index >= 15 is 0 Å². The zero-order valence-corrected chi connectivity index (χ0v) is 11.2. The van der Waals surface area contributed by atoms with Crippen molar-refractivity contribution >= 4 is 17.5 Å². The molecule has 5 heteroatoms. The monoisotopic (exact) mass is 273 g/mol. The molecule has 0 saturated heterocycles. The fourth-order valence-electron chi connectivity index (χ4n) is 1.62. The molecule has 0 bridgehead atoms. The molecule has 0 saturated carbocycles. The van der Waals surface area contributed by atoms with Gasteiger partial charge in [0.1, 0.15) is 17.1 Å². The number of phenols is 1. The predicted octanol–water partition coefficient (Wildman–Crippen LogP) is 2.91. The van der Waals surface area contributed by atoms with Crippen LogP contribution in [0.4, 0.5) is 4.39 Å². The van der Waals surface area contributed by atoms with Crippen molar-refractivity contribution in [1.29, 1.82) is 0 Å². The second-order valence-electron chi connectivity index (χ2n) is 4.57. The summed E-state index contributed by atoms with van der Waals surface area (Å²) in [5.41, 5.74) is -0.342. The molecule has 0 radical (unpaired) electrons. The van der Waals surface area contributed by atoms with Gasteiger partial charge in [-0.3, -0.25) is 4.79 Å². The third-order valence-corrected chi connectivity index (χ3v) is 2.76. The second-order valence-corrected chi connectivity index (χ2v) is 5.19. The summed E-state index contributed by atoms with van der Waals surface area (Å²) in [6.07, 6.45) is 0.755. The van der Waals surface area contributed by atoms with Gasteiger partial charge in [-0.15, -0.1) is 11.6 Å². The smallest absolute Gasteiger partial charge is 0.258 e. The summed E-state index contributed by atoms with van der Waals surface area (Å²) in [7, 11) is 0. The quantitative estimate of drug-likeness (QED) is 0.811. The van der Waals surface area contributed by atoms with Crippen molar-refractivity contribution in [2.24, 2.45) is 5.92 Å². The number of phenolic OH excluding ortho intramolecular Hbond substituents is 1. The Hall–Kier alpha value is -1.29. The van der Waals surface area contributed by atoms with E-state index in [0.29, 0.717) is 5.92 Å². The van der Waals surface area contributed by atoms with Crippen LogP contribution >= 0.6 is 11.6 Å². The number of hydrogen-bond donors (Lipinski definition) is 2. The second kappa shape index (κ2) is 6.59. The average molecular weight is 274 g/mol. The molecule has 0 fully saturated rings. The highest BCUT2D eigenvalue weighted by Crippen LogP contribution is 2.19. The Morgan fingerprint density at radius 3 is 2.72 bits per heavy atom. The van der Waals surface area contributed by atoms with Crippen LogP contribution in [0.25, 0.3) is 0 Å². The van der Waals surface area contributed by atoms with Crippen LogP contribution in [0.3, 0.4) is 0 Å². The summed E-state index contributed by atoms with van der Waals surface area (Å²) >= 11 is 6.02. The van der Waals surface area contributed by atoms with Gasteiger partial charge in [0.2, 0.25) is 0 Å². The SMILES string of the molecule is CC(C)CC(Cl)CNC(=O)c1c(O)cccc1F. The van der Waals surface area contributed by atoms with Gasteiger partial charge in [0, 0.05) is 6.54 Å². The first-order chi connectivity index (χ1) is 8.41. The molecule has 1 aromatic carbocycles. The Morgan fingerprint density at radius 1 is 1.50 bits per heavy atom.